The van der Waals surface area contributed by atoms with Crippen LogP contribution in [0.25, 0.3) is 43.8 Å². The number of hydrogen-bond acceptors (Lipinski definition) is 2. The van der Waals surface area contributed by atoms with Gasteiger partial charge in [-0.05, 0) is 97.7 Å². The fourth-order valence-electron chi connectivity index (χ4n) is 10.1. The summed E-state index contributed by atoms with van der Waals surface area (Å²) in [6, 6.07) is 71.8. The molecule has 0 bridgehead atoms. The first kappa shape index (κ1) is 34.4. The molecule has 58 heavy (non-hydrogen) atoms. The molecule has 278 valence electrons. The van der Waals surface area contributed by atoms with Crippen LogP contribution in [0.15, 0.2) is 194 Å². The second kappa shape index (κ2) is 12.8. The third-order valence-electron chi connectivity index (χ3n) is 13.0. The smallest absolute Gasteiger partial charge is 0.0543 e. The monoisotopic (exact) mass is 744 g/mol. The molecule has 2 nitrogen and oxygen atoms in total. The molecule has 9 aromatic carbocycles. The van der Waals surface area contributed by atoms with Gasteiger partial charge in [-0.2, -0.15) is 0 Å². The summed E-state index contributed by atoms with van der Waals surface area (Å²) in [7, 11) is 0. The Hall–Kier alpha value is -6.90. The van der Waals surface area contributed by atoms with E-state index in [-0.39, 0.29) is 10.8 Å². The van der Waals surface area contributed by atoms with E-state index in [2.05, 4.69) is 232 Å². The summed E-state index contributed by atoms with van der Waals surface area (Å²) in [5.41, 5.74) is 17.3. The van der Waals surface area contributed by atoms with Crippen LogP contribution in [-0.2, 0) is 10.8 Å². The van der Waals surface area contributed by atoms with Gasteiger partial charge in [0, 0.05) is 27.3 Å². The Morgan fingerprint density at radius 2 is 0.948 bits per heavy atom. The predicted octanol–water partition coefficient (Wildman–Crippen LogP) is 15.5. The van der Waals surface area contributed by atoms with Crippen molar-refractivity contribution in [2.24, 2.45) is 0 Å². The molecule has 2 heterocycles. The number of fused-ring (bicyclic) bond motifs is 6. The minimum Gasteiger partial charge on any atom is -0.309 e. The summed E-state index contributed by atoms with van der Waals surface area (Å²) >= 11 is 0. The highest BCUT2D eigenvalue weighted by Crippen LogP contribution is 2.60. The van der Waals surface area contributed by atoms with Crippen LogP contribution in [0, 0.1) is 0 Å². The Morgan fingerprint density at radius 1 is 0.379 bits per heavy atom. The summed E-state index contributed by atoms with van der Waals surface area (Å²) in [6.07, 6.45) is 0. The maximum Gasteiger partial charge on any atom is 0.0543 e. The van der Waals surface area contributed by atoms with Crippen LogP contribution >= 0.6 is 0 Å². The van der Waals surface area contributed by atoms with Crippen LogP contribution in [0.3, 0.4) is 0 Å². The Labute approximate surface area is 341 Å². The molecule has 0 N–H and O–H groups in total. The van der Waals surface area contributed by atoms with E-state index in [1.807, 2.05) is 0 Å². The molecule has 0 unspecified atom stereocenters. The Bertz CT molecular complexity index is 3080. The van der Waals surface area contributed by atoms with Crippen molar-refractivity contribution in [2.75, 3.05) is 9.80 Å². The lowest BCUT2D eigenvalue weighted by molar-refractivity contribution is 0.597. The molecule has 0 fully saturated rings. The number of anilines is 6. The van der Waals surface area contributed by atoms with Gasteiger partial charge in [0.15, 0.2) is 0 Å². The largest absolute Gasteiger partial charge is 0.309 e. The van der Waals surface area contributed by atoms with Crippen molar-refractivity contribution in [3.63, 3.8) is 0 Å². The van der Waals surface area contributed by atoms with Gasteiger partial charge in [-0.15, -0.1) is 0 Å². The van der Waals surface area contributed by atoms with Gasteiger partial charge in [0.25, 0.3) is 0 Å². The molecule has 2 aliphatic heterocycles. The zero-order chi connectivity index (χ0) is 39.2. The fourth-order valence-corrected chi connectivity index (χ4v) is 10.1. The van der Waals surface area contributed by atoms with Crippen molar-refractivity contribution in [3.8, 4) is 22.3 Å². The van der Waals surface area contributed by atoms with E-state index in [0.717, 1.165) is 17.1 Å². The summed E-state index contributed by atoms with van der Waals surface area (Å²) in [6.45, 7) is 9.56. The molecule has 11 rings (SSSR count). The number of hydrogen-bond donors (Lipinski definition) is 0. The van der Waals surface area contributed by atoms with E-state index in [4.69, 9.17) is 0 Å². The molecular weight excluding hydrogens is 701 g/mol. The fraction of sp³-hybridized carbons (Fsp3) is 0.107. The molecule has 9 aromatic rings. The second-order valence-electron chi connectivity index (χ2n) is 17.0. The first-order valence-electron chi connectivity index (χ1n) is 20.4. The van der Waals surface area contributed by atoms with E-state index >= 15 is 0 Å². The first-order chi connectivity index (χ1) is 28.3. The van der Waals surface area contributed by atoms with Gasteiger partial charge in [0.2, 0.25) is 0 Å². The zero-order valence-electron chi connectivity index (χ0n) is 33.4. The van der Waals surface area contributed by atoms with E-state index < -0.39 is 0 Å². The van der Waals surface area contributed by atoms with E-state index in [0.29, 0.717) is 0 Å². The molecule has 0 spiro atoms. The summed E-state index contributed by atoms with van der Waals surface area (Å²) in [4.78, 5) is 5.00. The minimum absolute atomic E-state index is 0.102. The number of rotatable bonds is 5. The normalized spacial score (nSPS) is 14.4. The van der Waals surface area contributed by atoms with Crippen molar-refractivity contribution in [2.45, 2.75) is 38.5 Å². The quantitative estimate of drug-likeness (QED) is 0.173. The molecule has 0 radical (unpaired) electrons. The molecule has 2 heteroatoms. The van der Waals surface area contributed by atoms with Crippen LogP contribution in [0.5, 0.6) is 0 Å². The van der Waals surface area contributed by atoms with Crippen LogP contribution in [0.4, 0.5) is 34.1 Å². The minimum atomic E-state index is -0.208. The maximum absolute atomic E-state index is 2.54. The highest BCUT2D eigenvalue weighted by atomic mass is 15.2. The van der Waals surface area contributed by atoms with Crippen LogP contribution < -0.4 is 9.80 Å². The highest BCUT2D eigenvalue weighted by Gasteiger charge is 2.45. The van der Waals surface area contributed by atoms with E-state index in [9.17, 15) is 0 Å². The molecule has 0 saturated carbocycles. The second-order valence-corrected chi connectivity index (χ2v) is 17.0. The third-order valence-corrected chi connectivity index (χ3v) is 13.0. The lowest BCUT2D eigenvalue weighted by Gasteiger charge is -2.49. The van der Waals surface area contributed by atoms with E-state index in [1.165, 1.54) is 83.1 Å². The molecular formula is C56H44N2. The topological polar surface area (TPSA) is 6.48 Å². The molecule has 0 saturated heterocycles. The Balaban J connectivity index is 1.11. The van der Waals surface area contributed by atoms with Crippen molar-refractivity contribution < 1.29 is 0 Å². The molecule has 2 aliphatic rings. The Morgan fingerprint density at radius 3 is 1.79 bits per heavy atom. The molecule has 0 aromatic heterocycles. The van der Waals surface area contributed by atoms with Crippen molar-refractivity contribution >= 4 is 55.7 Å². The number of nitrogens with zero attached hydrogens (tertiary/aromatic N) is 2. The lowest BCUT2D eigenvalue weighted by atomic mass is 9.66. The van der Waals surface area contributed by atoms with Gasteiger partial charge in [-0.25, -0.2) is 0 Å². The summed E-state index contributed by atoms with van der Waals surface area (Å²) in [5.74, 6) is 0. The average molecular weight is 745 g/mol. The maximum atomic E-state index is 2.54. The number of para-hydroxylation sites is 2. The SMILES string of the molecule is CC1(C)c2ccccc2N2c3ccc(-c4cccc5c(N(c6cccc(-c7ccccc7)c6)c6cccc7ccccc67)cccc45)cc3C(C)(C)c3cccc1c32. The van der Waals surface area contributed by atoms with Crippen LogP contribution in [0.2, 0.25) is 0 Å². The third kappa shape index (κ3) is 5.04. The van der Waals surface area contributed by atoms with Crippen molar-refractivity contribution in [1.82, 2.24) is 0 Å². The number of benzene rings is 9. The highest BCUT2D eigenvalue weighted by molar-refractivity contribution is 6.09. The Kier molecular flexibility index (Phi) is 7.59. The van der Waals surface area contributed by atoms with Crippen molar-refractivity contribution in [1.29, 1.82) is 0 Å². The predicted molar refractivity (Wildman–Crippen MR) is 246 cm³/mol. The zero-order valence-corrected chi connectivity index (χ0v) is 33.4. The average Bonchev–Trinajstić information content (AvgIpc) is 3.26. The summed E-state index contributed by atoms with van der Waals surface area (Å²) < 4.78 is 0. The standard InChI is InChI=1S/C56H44N2/c1-55(2)46-27-10-11-30-52(46)58-53-34-33-40(36-49(53)56(3,4)48-29-16-28-47(55)54(48)58)42-24-14-26-45-44(42)25-15-32-51(45)57(50-31-13-20-38-19-8-9-23-43(38)50)41-22-12-21-39(35-41)37-17-6-5-7-18-37/h5-36H,1-4H3. The molecule has 0 aliphatic carbocycles. The first-order valence-corrected chi connectivity index (χ1v) is 20.4. The molecule has 0 atom stereocenters. The van der Waals surface area contributed by atoms with Gasteiger partial charge < -0.3 is 9.80 Å². The van der Waals surface area contributed by atoms with Gasteiger partial charge >= 0.3 is 0 Å². The van der Waals surface area contributed by atoms with Gasteiger partial charge in [-0.3, -0.25) is 0 Å². The van der Waals surface area contributed by atoms with Gasteiger partial charge in [0.05, 0.1) is 28.4 Å². The summed E-state index contributed by atoms with van der Waals surface area (Å²) in [5, 5.41) is 4.87. The van der Waals surface area contributed by atoms with Crippen LogP contribution in [0.1, 0.15) is 49.9 Å². The van der Waals surface area contributed by atoms with Crippen molar-refractivity contribution in [3.05, 3.63) is 216 Å². The molecule has 0 amide bonds. The van der Waals surface area contributed by atoms with Gasteiger partial charge in [-0.1, -0.05) is 179 Å². The van der Waals surface area contributed by atoms with Crippen LogP contribution in [-0.4, -0.2) is 0 Å². The van der Waals surface area contributed by atoms with E-state index in [1.54, 1.807) is 0 Å². The van der Waals surface area contributed by atoms with Gasteiger partial charge in [0.1, 0.15) is 0 Å². The lowest BCUT2D eigenvalue weighted by Crippen LogP contribution is -2.38.